The lowest BCUT2D eigenvalue weighted by Crippen LogP contribution is -2.38. The predicted molar refractivity (Wildman–Crippen MR) is 52.2 cm³/mol. The lowest BCUT2D eigenvalue weighted by atomic mass is 10.1. The quantitative estimate of drug-likeness (QED) is 0.751. The van der Waals surface area contributed by atoms with Crippen LogP contribution in [0, 0.1) is 12.3 Å². The molecule has 1 amide bonds. The summed E-state index contributed by atoms with van der Waals surface area (Å²) < 4.78 is 26.8. The van der Waals surface area contributed by atoms with Crippen molar-refractivity contribution in [1.29, 1.82) is 0 Å². The number of hydrogen-bond donors (Lipinski definition) is 1. The second kappa shape index (κ2) is 4.56. The van der Waals surface area contributed by atoms with Gasteiger partial charge in [-0.2, -0.15) is 8.78 Å². The van der Waals surface area contributed by atoms with Gasteiger partial charge in [0.2, 0.25) is 0 Å². The maximum Gasteiger partial charge on any atom is 0.349 e. The van der Waals surface area contributed by atoms with Gasteiger partial charge in [0.05, 0.1) is 6.54 Å². The van der Waals surface area contributed by atoms with Gasteiger partial charge in [-0.25, -0.2) is 0 Å². The van der Waals surface area contributed by atoms with Gasteiger partial charge >= 0.3 is 5.92 Å². The van der Waals surface area contributed by atoms with Gasteiger partial charge in [-0.1, -0.05) is 36.3 Å². The molecule has 0 fully saturated rings. The van der Waals surface area contributed by atoms with Crippen molar-refractivity contribution < 1.29 is 13.6 Å². The van der Waals surface area contributed by atoms with Crippen molar-refractivity contribution in [3.8, 4) is 12.3 Å². The Bertz CT molecular complexity index is 381. The van der Waals surface area contributed by atoms with Crippen molar-refractivity contribution in [2.45, 2.75) is 5.92 Å². The van der Waals surface area contributed by atoms with Crippen LogP contribution < -0.4 is 5.32 Å². The first-order valence-electron chi connectivity index (χ1n) is 4.24. The van der Waals surface area contributed by atoms with Crippen LogP contribution in [0.25, 0.3) is 0 Å². The van der Waals surface area contributed by atoms with E-state index >= 15 is 0 Å². The van der Waals surface area contributed by atoms with Crippen molar-refractivity contribution in [1.82, 2.24) is 5.32 Å². The SMILES string of the molecule is C#CCNC(=O)C(F)(F)c1ccccc1. The van der Waals surface area contributed by atoms with Crippen molar-refractivity contribution in [3.05, 3.63) is 35.9 Å². The molecule has 0 aliphatic rings. The van der Waals surface area contributed by atoms with Crippen LogP contribution in [-0.2, 0) is 10.7 Å². The van der Waals surface area contributed by atoms with Crippen LogP contribution in [-0.4, -0.2) is 12.5 Å². The van der Waals surface area contributed by atoms with E-state index in [0.717, 1.165) is 0 Å². The molecule has 0 saturated heterocycles. The highest BCUT2D eigenvalue weighted by Gasteiger charge is 2.40. The van der Waals surface area contributed by atoms with Crippen molar-refractivity contribution in [2.75, 3.05) is 6.54 Å². The molecule has 0 unspecified atom stereocenters. The van der Waals surface area contributed by atoms with E-state index < -0.39 is 11.8 Å². The number of halogens is 2. The molecule has 0 atom stereocenters. The second-order valence-electron chi connectivity index (χ2n) is 2.83. The summed E-state index contributed by atoms with van der Waals surface area (Å²) in [6, 6.07) is 6.86. The molecule has 0 saturated carbocycles. The Kier molecular flexibility index (Phi) is 3.40. The van der Waals surface area contributed by atoms with Crippen molar-refractivity contribution in [3.63, 3.8) is 0 Å². The highest BCUT2D eigenvalue weighted by atomic mass is 19.3. The van der Waals surface area contributed by atoms with Crippen LogP contribution in [0.1, 0.15) is 5.56 Å². The van der Waals surface area contributed by atoms with Crippen molar-refractivity contribution in [2.24, 2.45) is 0 Å². The first kappa shape index (κ1) is 11.2. The molecule has 4 heteroatoms. The molecule has 0 bridgehead atoms. The van der Waals surface area contributed by atoms with Crippen molar-refractivity contribution >= 4 is 5.91 Å². The van der Waals surface area contributed by atoms with Crippen LogP contribution in [0.15, 0.2) is 30.3 Å². The Balaban J connectivity index is 2.84. The van der Waals surface area contributed by atoms with E-state index in [4.69, 9.17) is 6.42 Å². The average Bonchev–Trinajstić information content (AvgIpc) is 2.27. The highest BCUT2D eigenvalue weighted by molar-refractivity contribution is 5.84. The maximum atomic E-state index is 13.4. The molecule has 1 aromatic carbocycles. The number of carbonyl (C=O) groups excluding carboxylic acids is 1. The summed E-state index contributed by atoms with van der Waals surface area (Å²) in [7, 11) is 0. The van der Waals surface area contributed by atoms with Gasteiger partial charge in [0.25, 0.3) is 5.91 Å². The average molecular weight is 209 g/mol. The Labute approximate surface area is 86.3 Å². The fourth-order valence-electron chi connectivity index (χ4n) is 1.02. The van der Waals surface area contributed by atoms with E-state index in [2.05, 4.69) is 5.92 Å². The lowest BCUT2D eigenvalue weighted by Gasteiger charge is -2.15. The minimum Gasteiger partial charge on any atom is -0.340 e. The van der Waals surface area contributed by atoms with Crippen LogP contribution >= 0.6 is 0 Å². The number of nitrogens with one attached hydrogen (secondary N) is 1. The molecule has 1 aromatic rings. The zero-order chi connectivity index (χ0) is 11.3. The third kappa shape index (κ3) is 2.53. The van der Waals surface area contributed by atoms with Gasteiger partial charge < -0.3 is 5.32 Å². The molecular weight excluding hydrogens is 200 g/mol. The summed E-state index contributed by atoms with van der Waals surface area (Å²) >= 11 is 0. The zero-order valence-electron chi connectivity index (χ0n) is 7.84. The number of rotatable bonds is 3. The fourth-order valence-corrected chi connectivity index (χ4v) is 1.02. The molecule has 0 heterocycles. The van der Waals surface area contributed by atoms with Gasteiger partial charge in [0.15, 0.2) is 0 Å². The molecule has 0 aromatic heterocycles. The summed E-state index contributed by atoms with van der Waals surface area (Å²) in [6.07, 6.45) is 4.85. The highest BCUT2D eigenvalue weighted by Crippen LogP contribution is 2.27. The van der Waals surface area contributed by atoms with E-state index in [1.54, 1.807) is 6.07 Å². The fraction of sp³-hybridized carbons (Fsp3) is 0.182. The normalized spacial score (nSPS) is 10.5. The molecule has 15 heavy (non-hydrogen) atoms. The molecule has 78 valence electrons. The molecule has 1 rings (SSSR count). The number of benzene rings is 1. The molecule has 0 spiro atoms. The number of terminal acetylenes is 1. The maximum absolute atomic E-state index is 13.4. The summed E-state index contributed by atoms with van der Waals surface area (Å²) in [4.78, 5) is 11.1. The van der Waals surface area contributed by atoms with Crippen LogP contribution in [0.5, 0.6) is 0 Å². The number of carbonyl (C=O) groups is 1. The Hall–Kier alpha value is -1.89. The standard InChI is InChI=1S/C11H9F2NO/c1-2-8-14-10(15)11(12,13)9-6-4-3-5-7-9/h1,3-7H,8H2,(H,14,15). The second-order valence-corrected chi connectivity index (χ2v) is 2.83. The monoisotopic (exact) mass is 209 g/mol. The van der Waals surface area contributed by atoms with E-state index in [0.29, 0.717) is 0 Å². The minimum atomic E-state index is -3.54. The summed E-state index contributed by atoms with van der Waals surface area (Å²) in [5, 5.41) is 1.95. The van der Waals surface area contributed by atoms with Gasteiger partial charge in [-0.3, -0.25) is 4.79 Å². The molecule has 0 radical (unpaired) electrons. The Morgan fingerprint density at radius 1 is 1.40 bits per heavy atom. The van der Waals surface area contributed by atoms with E-state index in [-0.39, 0.29) is 12.1 Å². The smallest absolute Gasteiger partial charge is 0.340 e. The Morgan fingerprint density at radius 3 is 2.53 bits per heavy atom. The third-order valence-electron chi connectivity index (χ3n) is 1.77. The molecule has 0 aliphatic carbocycles. The summed E-state index contributed by atoms with van der Waals surface area (Å²) in [5.41, 5.74) is -0.348. The number of alkyl halides is 2. The Morgan fingerprint density at radius 2 is 2.00 bits per heavy atom. The summed E-state index contributed by atoms with van der Waals surface area (Å²) in [6.45, 7) is -0.207. The molecule has 1 N–H and O–H groups in total. The van der Waals surface area contributed by atoms with Crippen LogP contribution in [0.4, 0.5) is 8.78 Å². The zero-order valence-corrected chi connectivity index (χ0v) is 7.84. The molecule has 2 nitrogen and oxygen atoms in total. The predicted octanol–water partition coefficient (Wildman–Crippen LogP) is 1.53. The minimum absolute atomic E-state index is 0.207. The number of amides is 1. The molecular formula is C11H9F2NO. The van der Waals surface area contributed by atoms with E-state index in [9.17, 15) is 13.6 Å². The van der Waals surface area contributed by atoms with Gasteiger partial charge in [-0.15, -0.1) is 6.42 Å². The van der Waals surface area contributed by atoms with Gasteiger partial charge in [0.1, 0.15) is 0 Å². The van der Waals surface area contributed by atoms with E-state index in [1.807, 2.05) is 5.32 Å². The first-order valence-corrected chi connectivity index (χ1v) is 4.24. The number of hydrogen-bond acceptors (Lipinski definition) is 1. The van der Waals surface area contributed by atoms with E-state index in [1.165, 1.54) is 24.3 Å². The van der Waals surface area contributed by atoms with Gasteiger partial charge in [-0.05, 0) is 0 Å². The molecule has 0 aliphatic heterocycles. The lowest BCUT2D eigenvalue weighted by molar-refractivity contribution is -0.146. The first-order chi connectivity index (χ1) is 7.09. The van der Waals surface area contributed by atoms with Crippen LogP contribution in [0.3, 0.4) is 0 Å². The topological polar surface area (TPSA) is 29.1 Å². The van der Waals surface area contributed by atoms with Gasteiger partial charge in [0, 0.05) is 5.56 Å². The van der Waals surface area contributed by atoms with Crippen LogP contribution in [0.2, 0.25) is 0 Å². The largest absolute Gasteiger partial charge is 0.349 e. The third-order valence-corrected chi connectivity index (χ3v) is 1.77. The summed E-state index contributed by atoms with van der Waals surface area (Å²) in [5.74, 6) is -2.87.